The number of hydrogen-bond donors (Lipinski definition) is 1. The van der Waals surface area contributed by atoms with E-state index in [1.165, 1.54) is 27.0 Å². The third-order valence-electron chi connectivity index (χ3n) is 3.39. The lowest BCUT2D eigenvalue weighted by Crippen LogP contribution is -2.10. The van der Waals surface area contributed by atoms with Gasteiger partial charge in [0, 0.05) is 20.8 Å². The van der Waals surface area contributed by atoms with E-state index in [0.29, 0.717) is 0 Å². The first kappa shape index (κ1) is 14.5. The van der Waals surface area contributed by atoms with Crippen LogP contribution in [0.1, 0.15) is 23.4 Å². The maximum atomic E-state index is 12.9. The second kappa shape index (κ2) is 5.78. The first-order valence-corrected chi connectivity index (χ1v) is 10.7. The summed E-state index contributed by atoms with van der Waals surface area (Å²) in [6.07, 6.45) is 4.56. The highest BCUT2D eigenvalue weighted by Crippen LogP contribution is 2.42. The Morgan fingerprint density at radius 2 is 1.95 bits per heavy atom. The van der Waals surface area contributed by atoms with E-state index in [1.807, 2.05) is 24.3 Å². The van der Waals surface area contributed by atoms with Crippen molar-refractivity contribution in [3.8, 4) is 0 Å². The number of anilines is 1. The summed E-state index contributed by atoms with van der Waals surface area (Å²) < 4.78 is 14.9. The van der Waals surface area contributed by atoms with Crippen molar-refractivity contribution >= 4 is 51.7 Å². The largest absolute Gasteiger partial charge is 0.331 e. The molecule has 0 saturated heterocycles. The number of benzene rings is 1. The topological polar surface area (TPSA) is 42.0 Å². The molecule has 20 heavy (non-hydrogen) atoms. The number of rotatable bonds is 3. The van der Waals surface area contributed by atoms with Crippen LogP contribution >= 0.6 is 41.2 Å². The summed E-state index contributed by atoms with van der Waals surface area (Å²) in [6, 6.07) is 7.95. The van der Waals surface area contributed by atoms with Crippen molar-refractivity contribution in [2.75, 3.05) is 11.8 Å². The summed E-state index contributed by atoms with van der Waals surface area (Å²) in [5, 5.41) is 3.17. The number of nitrogens with one attached hydrogen (secondary N) is 1. The Morgan fingerprint density at radius 1 is 1.25 bits per heavy atom. The molecule has 0 amide bonds. The van der Waals surface area contributed by atoms with E-state index in [0.717, 1.165) is 23.3 Å². The van der Waals surface area contributed by atoms with Gasteiger partial charge in [0.1, 0.15) is 0 Å². The highest BCUT2D eigenvalue weighted by molar-refractivity contribution is 14.1. The Morgan fingerprint density at radius 3 is 2.65 bits per heavy atom. The molecule has 1 heterocycles. The van der Waals surface area contributed by atoms with E-state index < -0.39 is 7.29 Å². The van der Waals surface area contributed by atoms with Crippen LogP contribution in [0.3, 0.4) is 0 Å². The number of halogens is 1. The number of aromatic nitrogens is 1. The smallest absolute Gasteiger partial charge is 0.223 e. The number of fused-ring (bicyclic) bond motifs is 1. The minimum atomic E-state index is -2.63. The van der Waals surface area contributed by atoms with E-state index in [4.69, 9.17) is 0 Å². The number of hydrogen-bond acceptors (Lipinski definition) is 3. The SMILES string of the molecule is CP(=O)(Nc1ccc(I)cc1)c1nc2c(s1)CCCC2. The van der Waals surface area contributed by atoms with Gasteiger partial charge >= 0.3 is 0 Å². The molecule has 1 unspecified atom stereocenters. The first-order chi connectivity index (χ1) is 9.54. The van der Waals surface area contributed by atoms with Gasteiger partial charge in [-0.05, 0) is 72.5 Å². The molecule has 0 saturated carbocycles. The van der Waals surface area contributed by atoms with Gasteiger partial charge in [-0.2, -0.15) is 0 Å². The summed E-state index contributed by atoms with van der Waals surface area (Å²) in [7, 11) is -2.63. The molecule has 106 valence electrons. The number of nitrogens with zero attached hydrogens (tertiary/aromatic N) is 1. The van der Waals surface area contributed by atoms with Gasteiger partial charge in [0.15, 0.2) is 4.75 Å². The zero-order chi connectivity index (χ0) is 14.2. The molecule has 3 nitrogen and oxygen atoms in total. The third kappa shape index (κ3) is 3.10. The Labute approximate surface area is 136 Å². The maximum absolute atomic E-state index is 12.9. The molecule has 1 aromatic carbocycles. The van der Waals surface area contributed by atoms with Crippen LogP contribution in [0.15, 0.2) is 24.3 Å². The summed E-state index contributed by atoms with van der Waals surface area (Å²) in [5.74, 6) is 0. The predicted octanol–water partition coefficient (Wildman–Crippen LogP) is 4.27. The molecule has 0 spiro atoms. The normalized spacial score (nSPS) is 17.3. The molecular formula is C14H16IN2OPS. The lowest BCUT2D eigenvalue weighted by molar-refractivity contribution is 0.587. The molecule has 1 atom stereocenters. The monoisotopic (exact) mass is 418 g/mol. The zero-order valence-electron chi connectivity index (χ0n) is 11.2. The Bertz CT molecular complexity index is 645. The molecule has 1 aliphatic carbocycles. The minimum absolute atomic E-state index is 0.767. The molecule has 1 aliphatic rings. The van der Waals surface area contributed by atoms with Crippen molar-refractivity contribution in [3.05, 3.63) is 38.4 Å². The number of thiazole rings is 1. The van der Waals surface area contributed by atoms with Gasteiger partial charge in [-0.3, -0.25) is 4.57 Å². The van der Waals surface area contributed by atoms with Gasteiger partial charge in [0.25, 0.3) is 0 Å². The molecule has 1 aromatic heterocycles. The molecular weight excluding hydrogens is 402 g/mol. The summed E-state index contributed by atoms with van der Waals surface area (Å²) in [4.78, 5) is 5.96. The van der Waals surface area contributed by atoms with Crippen LogP contribution in [0.25, 0.3) is 0 Å². The second-order valence-corrected chi connectivity index (χ2v) is 10.2. The molecule has 0 aliphatic heterocycles. The zero-order valence-corrected chi connectivity index (χ0v) is 15.1. The fourth-order valence-electron chi connectivity index (χ4n) is 2.34. The van der Waals surface area contributed by atoms with Gasteiger partial charge in [-0.15, -0.1) is 11.3 Å². The Balaban J connectivity index is 1.85. The summed E-state index contributed by atoms with van der Waals surface area (Å²) in [6.45, 7) is 1.77. The van der Waals surface area contributed by atoms with E-state index in [-0.39, 0.29) is 0 Å². The fraction of sp³-hybridized carbons (Fsp3) is 0.357. The van der Waals surface area contributed by atoms with E-state index in [1.54, 1.807) is 18.0 Å². The van der Waals surface area contributed by atoms with Crippen LogP contribution in [-0.2, 0) is 17.4 Å². The first-order valence-electron chi connectivity index (χ1n) is 6.65. The average Bonchev–Trinajstić information content (AvgIpc) is 2.86. The lowest BCUT2D eigenvalue weighted by atomic mass is 10.0. The van der Waals surface area contributed by atoms with Crippen LogP contribution in [0.2, 0.25) is 0 Å². The van der Waals surface area contributed by atoms with Crippen molar-refractivity contribution in [2.45, 2.75) is 25.7 Å². The van der Waals surface area contributed by atoms with Crippen LogP contribution in [-0.4, -0.2) is 11.6 Å². The van der Waals surface area contributed by atoms with Gasteiger partial charge in [-0.25, -0.2) is 4.98 Å². The standard InChI is InChI=1S/C14H16IN2OPS/c1-19(18,17-11-8-6-10(15)7-9-11)14-16-12-4-2-3-5-13(12)20-14/h6-9H,2-5H2,1H3,(H,17,18). The summed E-state index contributed by atoms with van der Waals surface area (Å²) in [5.41, 5.74) is 2.06. The molecule has 1 N–H and O–H groups in total. The van der Waals surface area contributed by atoms with Gasteiger partial charge in [0.05, 0.1) is 5.69 Å². The molecule has 0 radical (unpaired) electrons. The van der Waals surface area contributed by atoms with Crippen LogP contribution in [0, 0.1) is 3.57 Å². The molecule has 6 heteroatoms. The lowest BCUT2D eigenvalue weighted by Gasteiger charge is -2.13. The van der Waals surface area contributed by atoms with Crippen LogP contribution in [0.5, 0.6) is 0 Å². The van der Waals surface area contributed by atoms with Crippen molar-refractivity contribution < 1.29 is 4.57 Å². The van der Waals surface area contributed by atoms with Crippen molar-refractivity contribution in [1.82, 2.24) is 4.98 Å². The van der Waals surface area contributed by atoms with Crippen molar-refractivity contribution in [1.29, 1.82) is 0 Å². The highest BCUT2D eigenvalue weighted by Gasteiger charge is 2.26. The fourth-order valence-corrected chi connectivity index (χ4v) is 5.80. The Kier molecular flexibility index (Phi) is 4.20. The van der Waals surface area contributed by atoms with Crippen molar-refractivity contribution in [3.63, 3.8) is 0 Å². The predicted molar refractivity (Wildman–Crippen MR) is 94.7 cm³/mol. The Hall–Kier alpha value is -0.390. The molecule has 3 rings (SSSR count). The summed E-state index contributed by atoms with van der Waals surface area (Å²) >= 11 is 3.89. The van der Waals surface area contributed by atoms with Gasteiger partial charge in [-0.1, -0.05) is 0 Å². The van der Waals surface area contributed by atoms with E-state index in [9.17, 15) is 4.57 Å². The van der Waals surface area contributed by atoms with Crippen LogP contribution in [0.4, 0.5) is 5.69 Å². The van der Waals surface area contributed by atoms with Crippen LogP contribution < -0.4 is 9.84 Å². The highest BCUT2D eigenvalue weighted by atomic mass is 127. The van der Waals surface area contributed by atoms with Gasteiger partial charge < -0.3 is 5.09 Å². The maximum Gasteiger partial charge on any atom is 0.223 e. The average molecular weight is 418 g/mol. The van der Waals surface area contributed by atoms with E-state index >= 15 is 0 Å². The van der Waals surface area contributed by atoms with Gasteiger partial charge in [0.2, 0.25) is 7.29 Å². The minimum Gasteiger partial charge on any atom is -0.331 e. The van der Waals surface area contributed by atoms with Crippen molar-refractivity contribution in [2.24, 2.45) is 0 Å². The second-order valence-electron chi connectivity index (χ2n) is 5.12. The molecule has 2 aromatic rings. The third-order valence-corrected chi connectivity index (χ3v) is 7.90. The number of aryl methyl sites for hydroxylation is 2. The molecule has 0 fully saturated rings. The molecule has 0 bridgehead atoms. The quantitative estimate of drug-likeness (QED) is 0.598. The van der Waals surface area contributed by atoms with E-state index in [2.05, 4.69) is 32.7 Å².